The Morgan fingerprint density at radius 3 is 2.38 bits per heavy atom. The maximum Gasteiger partial charge on any atom is 0.270 e. The number of anilines is 1. The van der Waals surface area contributed by atoms with Crippen LogP contribution in [0.5, 0.6) is 0 Å². The molecule has 116 valence electrons. The van der Waals surface area contributed by atoms with Crippen molar-refractivity contribution in [3.05, 3.63) is 61.1 Å². The molecule has 0 saturated heterocycles. The van der Waals surface area contributed by atoms with E-state index in [4.69, 9.17) is 10.2 Å². The van der Waals surface area contributed by atoms with Gasteiger partial charge in [0.1, 0.15) is 0 Å². The van der Waals surface area contributed by atoms with Crippen LogP contribution >= 0.6 is 0 Å². The second kappa shape index (κ2) is 5.88. The molecule has 4 rings (SSSR count). The van der Waals surface area contributed by atoms with Gasteiger partial charge in [-0.1, -0.05) is 18.2 Å². The summed E-state index contributed by atoms with van der Waals surface area (Å²) in [7, 11) is 0. The monoisotopic (exact) mass is 316 g/mol. The molecule has 0 unspecified atom stereocenters. The summed E-state index contributed by atoms with van der Waals surface area (Å²) in [6.45, 7) is 0. The molecule has 0 aliphatic carbocycles. The maximum atomic E-state index is 5.93. The fourth-order valence-corrected chi connectivity index (χ4v) is 2.23. The van der Waals surface area contributed by atoms with Crippen molar-refractivity contribution < 1.29 is 4.42 Å². The van der Waals surface area contributed by atoms with Crippen LogP contribution in [0, 0.1) is 0 Å². The molecule has 0 fully saturated rings. The molecule has 4 aromatic rings. The van der Waals surface area contributed by atoms with Crippen molar-refractivity contribution in [1.29, 1.82) is 0 Å². The summed E-state index contributed by atoms with van der Waals surface area (Å²) in [6, 6.07) is 13.2. The van der Waals surface area contributed by atoms with Crippen LogP contribution in [-0.4, -0.2) is 25.1 Å². The molecule has 0 saturated carbocycles. The Morgan fingerprint density at radius 1 is 0.833 bits per heavy atom. The Morgan fingerprint density at radius 2 is 1.58 bits per heavy atom. The molecule has 0 aliphatic heterocycles. The molecule has 7 nitrogen and oxygen atoms in total. The first-order valence-corrected chi connectivity index (χ1v) is 7.23. The summed E-state index contributed by atoms with van der Waals surface area (Å²) < 4.78 is 5.71. The zero-order valence-electron chi connectivity index (χ0n) is 12.5. The number of nitrogens with two attached hydrogens (primary N) is 1. The van der Waals surface area contributed by atoms with Crippen molar-refractivity contribution in [1.82, 2.24) is 25.1 Å². The third-order valence-corrected chi connectivity index (χ3v) is 3.43. The number of nitrogens with zero attached hydrogens (tertiary/aromatic N) is 5. The van der Waals surface area contributed by atoms with Crippen LogP contribution < -0.4 is 5.73 Å². The number of benzene rings is 1. The van der Waals surface area contributed by atoms with Gasteiger partial charge in [0, 0.05) is 23.5 Å². The van der Waals surface area contributed by atoms with Crippen molar-refractivity contribution >= 4 is 5.82 Å². The first-order chi connectivity index (χ1) is 11.8. The lowest BCUT2D eigenvalue weighted by Crippen LogP contribution is -1.99. The zero-order chi connectivity index (χ0) is 16.4. The molecule has 0 radical (unpaired) electrons. The number of nitrogen functional groups attached to an aromatic ring is 1. The van der Waals surface area contributed by atoms with Crippen LogP contribution in [0.25, 0.3) is 34.3 Å². The van der Waals surface area contributed by atoms with E-state index < -0.39 is 0 Å². The van der Waals surface area contributed by atoms with Gasteiger partial charge in [-0.05, 0) is 24.3 Å². The van der Waals surface area contributed by atoms with E-state index in [0.29, 0.717) is 17.3 Å². The summed E-state index contributed by atoms with van der Waals surface area (Å²) in [4.78, 5) is 12.7. The average molecular weight is 316 g/mol. The zero-order valence-corrected chi connectivity index (χ0v) is 12.5. The second-order valence-corrected chi connectivity index (χ2v) is 5.00. The smallest absolute Gasteiger partial charge is 0.270 e. The van der Waals surface area contributed by atoms with E-state index in [-0.39, 0.29) is 11.7 Å². The van der Waals surface area contributed by atoms with Crippen LogP contribution in [0.4, 0.5) is 5.82 Å². The SMILES string of the molecule is Nc1ncc(-c2ccncc2)nc1-c1nnc(-c2ccccc2)o1. The van der Waals surface area contributed by atoms with Gasteiger partial charge in [0.05, 0.1) is 11.9 Å². The second-order valence-electron chi connectivity index (χ2n) is 5.00. The molecule has 0 amide bonds. The highest BCUT2D eigenvalue weighted by Gasteiger charge is 2.16. The van der Waals surface area contributed by atoms with Crippen molar-refractivity contribution in [3.63, 3.8) is 0 Å². The van der Waals surface area contributed by atoms with Crippen LogP contribution in [0.2, 0.25) is 0 Å². The number of rotatable bonds is 3. The Kier molecular flexibility index (Phi) is 3.43. The minimum atomic E-state index is 0.231. The quantitative estimate of drug-likeness (QED) is 0.619. The first kappa shape index (κ1) is 14.0. The standard InChI is InChI=1S/C17H12N6O/c18-15-14(21-13(10-20-15)11-6-8-19-9-7-11)17-23-22-16(24-17)12-4-2-1-3-5-12/h1-10H,(H2,18,20). The van der Waals surface area contributed by atoms with Gasteiger partial charge in [-0.15, -0.1) is 10.2 Å². The van der Waals surface area contributed by atoms with Gasteiger partial charge in [-0.2, -0.15) is 0 Å². The molecule has 1 aromatic carbocycles. The number of pyridine rings is 1. The third kappa shape index (κ3) is 2.58. The van der Waals surface area contributed by atoms with Crippen LogP contribution in [-0.2, 0) is 0 Å². The van der Waals surface area contributed by atoms with E-state index in [0.717, 1.165) is 11.1 Å². The molecule has 2 N–H and O–H groups in total. The largest absolute Gasteiger partial charge is 0.414 e. The summed E-state index contributed by atoms with van der Waals surface area (Å²) in [6.07, 6.45) is 4.98. The van der Waals surface area contributed by atoms with Gasteiger partial charge in [-0.25, -0.2) is 9.97 Å². The molecule has 0 bridgehead atoms. The van der Waals surface area contributed by atoms with Crippen LogP contribution in [0.15, 0.2) is 65.5 Å². The maximum absolute atomic E-state index is 5.93. The highest BCUT2D eigenvalue weighted by molar-refractivity contribution is 5.68. The van der Waals surface area contributed by atoms with Crippen LogP contribution in [0.1, 0.15) is 0 Å². The normalized spacial score (nSPS) is 10.7. The number of hydrogen-bond acceptors (Lipinski definition) is 7. The lowest BCUT2D eigenvalue weighted by atomic mass is 10.2. The van der Waals surface area contributed by atoms with Gasteiger partial charge >= 0.3 is 0 Å². The molecule has 3 heterocycles. The topological polar surface area (TPSA) is 104 Å². The van der Waals surface area contributed by atoms with Crippen molar-refractivity contribution in [3.8, 4) is 34.3 Å². The predicted molar refractivity (Wildman–Crippen MR) is 88.4 cm³/mol. The molecule has 0 aliphatic rings. The average Bonchev–Trinajstić information content (AvgIpc) is 3.13. The van der Waals surface area contributed by atoms with Gasteiger partial charge in [0.15, 0.2) is 11.5 Å². The molecule has 0 spiro atoms. The number of aromatic nitrogens is 5. The Labute approximate surface area is 137 Å². The van der Waals surface area contributed by atoms with E-state index >= 15 is 0 Å². The molecular weight excluding hydrogens is 304 g/mol. The number of hydrogen-bond donors (Lipinski definition) is 1. The van der Waals surface area contributed by atoms with Gasteiger partial charge in [0.25, 0.3) is 5.89 Å². The van der Waals surface area contributed by atoms with Crippen molar-refractivity contribution in [2.24, 2.45) is 0 Å². The fourth-order valence-electron chi connectivity index (χ4n) is 2.23. The van der Waals surface area contributed by atoms with E-state index in [1.807, 2.05) is 42.5 Å². The molecular formula is C17H12N6O. The van der Waals surface area contributed by atoms with Crippen molar-refractivity contribution in [2.75, 3.05) is 5.73 Å². The lowest BCUT2D eigenvalue weighted by Gasteiger charge is -2.03. The predicted octanol–water partition coefficient (Wildman–Crippen LogP) is 2.84. The van der Waals surface area contributed by atoms with Crippen LogP contribution in [0.3, 0.4) is 0 Å². The van der Waals surface area contributed by atoms with E-state index in [1.54, 1.807) is 18.6 Å². The van der Waals surface area contributed by atoms with Crippen molar-refractivity contribution in [2.45, 2.75) is 0 Å². The molecule has 0 atom stereocenters. The highest BCUT2D eigenvalue weighted by atomic mass is 16.4. The molecule has 24 heavy (non-hydrogen) atoms. The van der Waals surface area contributed by atoms with E-state index in [2.05, 4.69) is 25.1 Å². The minimum absolute atomic E-state index is 0.231. The third-order valence-electron chi connectivity index (χ3n) is 3.43. The molecule has 3 aromatic heterocycles. The Balaban J connectivity index is 1.76. The summed E-state index contributed by atoms with van der Waals surface area (Å²) in [5.41, 5.74) is 8.65. The Bertz CT molecular complexity index is 969. The summed E-state index contributed by atoms with van der Waals surface area (Å²) in [5, 5.41) is 8.10. The summed E-state index contributed by atoms with van der Waals surface area (Å²) >= 11 is 0. The van der Waals surface area contributed by atoms with Gasteiger partial charge in [0.2, 0.25) is 5.89 Å². The Hall–Kier alpha value is -3.61. The highest BCUT2D eigenvalue weighted by Crippen LogP contribution is 2.27. The summed E-state index contributed by atoms with van der Waals surface area (Å²) in [5.74, 6) is 0.868. The minimum Gasteiger partial charge on any atom is -0.414 e. The lowest BCUT2D eigenvalue weighted by molar-refractivity contribution is 0.582. The fraction of sp³-hybridized carbons (Fsp3) is 0. The van der Waals surface area contributed by atoms with E-state index in [1.165, 1.54) is 0 Å². The van der Waals surface area contributed by atoms with Gasteiger partial charge in [-0.3, -0.25) is 4.98 Å². The van der Waals surface area contributed by atoms with E-state index in [9.17, 15) is 0 Å². The molecule has 7 heteroatoms. The van der Waals surface area contributed by atoms with Gasteiger partial charge < -0.3 is 10.2 Å². The first-order valence-electron chi connectivity index (χ1n) is 7.23.